The van der Waals surface area contributed by atoms with E-state index in [1.165, 1.54) is 5.56 Å². The molecule has 0 aromatic heterocycles. The Kier molecular flexibility index (Phi) is 7.35. The number of rotatable bonds is 9. The zero-order valence-corrected chi connectivity index (χ0v) is 10.5. The van der Waals surface area contributed by atoms with Crippen LogP contribution in [0.2, 0.25) is 0 Å². The number of ether oxygens (including phenoxy) is 1. The Morgan fingerprint density at radius 1 is 1.24 bits per heavy atom. The van der Waals surface area contributed by atoms with E-state index in [2.05, 4.69) is 18.7 Å². The first-order chi connectivity index (χ1) is 8.33. The van der Waals surface area contributed by atoms with Gasteiger partial charge in [0.15, 0.2) is 0 Å². The normalized spacial score (nSPS) is 12.3. The number of hydrogen-bond donors (Lipinski definition) is 1. The van der Waals surface area contributed by atoms with Gasteiger partial charge in [-0.25, -0.2) is 0 Å². The maximum absolute atomic E-state index is 5.98. The average molecular weight is 233 g/mol. The minimum Gasteiger partial charge on any atom is -0.377 e. The van der Waals surface area contributed by atoms with Crippen LogP contribution in [-0.2, 0) is 11.3 Å². The molecule has 2 nitrogen and oxygen atoms in total. The number of nitrogens with two attached hydrogens (primary N) is 1. The Hall–Kier alpha value is -1.12. The molecule has 0 aliphatic heterocycles. The van der Waals surface area contributed by atoms with Crippen molar-refractivity contribution in [2.45, 2.75) is 38.3 Å². The zero-order valence-electron chi connectivity index (χ0n) is 10.5. The minimum absolute atomic E-state index is 0.255. The Labute approximate surface area is 104 Å². The van der Waals surface area contributed by atoms with Gasteiger partial charge in [0.05, 0.1) is 6.61 Å². The molecular formula is C15H23NO. The molecule has 0 amide bonds. The van der Waals surface area contributed by atoms with Gasteiger partial charge in [-0.3, -0.25) is 0 Å². The highest BCUT2D eigenvalue weighted by molar-refractivity contribution is 5.13. The van der Waals surface area contributed by atoms with Crippen molar-refractivity contribution < 1.29 is 4.74 Å². The summed E-state index contributed by atoms with van der Waals surface area (Å²) in [5, 5.41) is 0. The number of allylic oxidation sites excluding steroid dienone is 1. The summed E-state index contributed by atoms with van der Waals surface area (Å²) >= 11 is 0. The maximum Gasteiger partial charge on any atom is 0.0716 e. The molecule has 0 heterocycles. The van der Waals surface area contributed by atoms with Crippen LogP contribution in [0.1, 0.15) is 31.2 Å². The summed E-state index contributed by atoms with van der Waals surface area (Å²) in [6, 6.07) is 10.5. The van der Waals surface area contributed by atoms with Gasteiger partial charge in [-0.05, 0) is 31.2 Å². The fraction of sp³-hybridized carbons (Fsp3) is 0.467. The molecule has 17 heavy (non-hydrogen) atoms. The second-order valence-electron chi connectivity index (χ2n) is 4.31. The van der Waals surface area contributed by atoms with E-state index in [4.69, 9.17) is 10.5 Å². The lowest BCUT2D eigenvalue weighted by Gasteiger charge is -2.11. The van der Waals surface area contributed by atoms with Gasteiger partial charge >= 0.3 is 0 Å². The summed E-state index contributed by atoms with van der Waals surface area (Å²) in [6.07, 6.45) is 6.12. The molecule has 0 aliphatic carbocycles. The van der Waals surface area contributed by atoms with Gasteiger partial charge in [0.25, 0.3) is 0 Å². The van der Waals surface area contributed by atoms with Crippen LogP contribution in [0, 0.1) is 0 Å². The molecule has 0 radical (unpaired) electrons. The predicted molar refractivity (Wildman–Crippen MR) is 72.7 cm³/mol. The molecule has 0 saturated carbocycles. The van der Waals surface area contributed by atoms with Crippen LogP contribution in [0.15, 0.2) is 43.0 Å². The van der Waals surface area contributed by atoms with Crippen molar-refractivity contribution in [3.63, 3.8) is 0 Å². The molecule has 0 fully saturated rings. The van der Waals surface area contributed by atoms with Crippen LogP contribution >= 0.6 is 0 Å². The van der Waals surface area contributed by atoms with Gasteiger partial charge in [0, 0.05) is 12.6 Å². The lowest BCUT2D eigenvalue weighted by molar-refractivity contribution is 0.113. The Balaban J connectivity index is 2.02. The third-order valence-corrected chi connectivity index (χ3v) is 2.73. The van der Waals surface area contributed by atoms with Crippen LogP contribution < -0.4 is 5.73 Å². The van der Waals surface area contributed by atoms with Crippen LogP contribution in [-0.4, -0.2) is 12.6 Å². The second-order valence-corrected chi connectivity index (χ2v) is 4.31. The first-order valence-electron chi connectivity index (χ1n) is 6.31. The predicted octanol–water partition coefficient (Wildman–Crippen LogP) is 3.28. The van der Waals surface area contributed by atoms with Crippen LogP contribution in [0.4, 0.5) is 0 Å². The van der Waals surface area contributed by atoms with Gasteiger partial charge in [0.2, 0.25) is 0 Å². The highest BCUT2D eigenvalue weighted by atomic mass is 16.5. The van der Waals surface area contributed by atoms with Crippen molar-refractivity contribution in [1.29, 1.82) is 0 Å². The lowest BCUT2D eigenvalue weighted by atomic mass is 10.1. The zero-order chi connectivity index (χ0) is 12.3. The smallest absolute Gasteiger partial charge is 0.0716 e. The molecule has 1 aromatic carbocycles. The first-order valence-corrected chi connectivity index (χ1v) is 6.31. The van der Waals surface area contributed by atoms with E-state index >= 15 is 0 Å². The van der Waals surface area contributed by atoms with Crippen molar-refractivity contribution in [2.24, 2.45) is 5.73 Å². The molecular weight excluding hydrogens is 210 g/mol. The van der Waals surface area contributed by atoms with E-state index in [0.29, 0.717) is 6.61 Å². The molecule has 94 valence electrons. The minimum atomic E-state index is 0.255. The van der Waals surface area contributed by atoms with Crippen molar-refractivity contribution in [3.05, 3.63) is 48.6 Å². The van der Waals surface area contributed by atoms with Gasteiger partial charge in [0.1, 0.15) is 0 Å². The topological polar surface area (TPSA) is 35.2 Å². The quantitative estimate of drug-likeness (QED) is 0.525. The molecule has 0 saturated heterocycles. The monoisotopic (exact) mass is 233 g/mol. The highest BCUT2D eigenvalue weighted by Crippen LogP contribution is 2.05. The molecule has 2 N–H and O–H groups in total. The van der Waals surface area contributed by atoms with Gasteiger partial charge in [-0.2, -0.15) is 0 Å². The lowest BCUT2D eigenvalue weighted by Crippen LogP contribution is -2.21. The van der Waals surface area contributed by atoms with Crippen LogP contribution in [0.5, 0.6) is 0 Å². The van der Waals surface area contributed by atoms with E-state index in [-0.39, 0.29) is 6.04 Å². The van der Waals surface area contributed by atoms with Gasteiger partial charge in [-0.1, -0.05) is 36.4 Å². The second kappa shape index (κ2) is 8.97. The standard InChI is InChI=1S/C15H23NO/c1-2-3-5-10-15(16)11-12-17-13-14-8-6-4-7-9-14/h2,4,6-9,15H,1,3,5,10-13,16H2. The largest absolute Gasteiger partial charge is 0.377 e. The van der Waals surface area contributed by atoms with Crippen LogP contribution in [0.25, 0.3) is 0 Å². The SMILES string of the molecule is C=CCCCC(N)CCOCc1ccccc1. The number of hydrogen-bond acceptors (Lipinski definition) is 2. The molecule has 0 bridgehead atoms. The third kappa shape index (κ3) is 6.93. The molecule has 1 rings (SSSR count). The fourth-order valence-corrected chi connectivity index (χ4v) is 1.67. The summed E-state index contributed by atoms with van der Waals surface area (Å²) < 4.78 is 5.60. The Morgan fingerprint density at radius 2 is 2.00 bits per heavy atom. The van der Waals surface area contributed by atoms with E-state index in [1.54, 1.807) is 0 Å². The summed E-state index contributed by atoms with van der Waals surface area (Å²) in [5.74, 6) is 0. The van der Waals surface area contributed by atoms with Crippen molar-refractivity contribution in [1.82, 2.24) is 0 Å². The summed E-state index contributed by atoms with van der Waals surface area (Å²) in [5.41, 5.74) is 7.20. The van der Waals surface area contributed by atoms with Crippen molar-refractivity contribution in [2.75, 3.05) is 6.61 Å². The highest BCUT2D eigenvalue weighted by Gasteiger charge is 2.01. The van der Waals surface area contributed by atoms with Gasteiger partial charge in [-0.15, -0.1) is 6.58 Å². The van der Waals surface area contributed by atoms with Crippen LogP contribution in [0.3, 0.4) is 0 Å². The van der Waals surface area contributed by atoms with Crippen molar-refractivity contribution >= 4 is 0 Å². The molecule has 0 aliphatic rings. The van der Waals surface area contributed by atoms with E-state index in [0.717, 1.165) is 32.3 Å². The van der Waals surface area contributed by atoms with Gasteiger partial charge < -0.3 is 10.5 Å². The average Bonchev–Trinajstić information content (AvgIpc) is 2.36. The van der Waals surface area contributed by atoms with E-state index in [9.17, 15) is 0 Å². The third-order valence-electron chi connectivity index (χ3n) is 2.73. The first kappa shape index (κ1) is 13.9. The molecule has 1 aromatic rings. The molecule has 0 spiro atoms. The summed E-state index contributed by atoms with van der Waals surface area (Å²) in [6.45, 7) is 5.12. The Morgan fingerprint density at radius 3 is 2.71 bits per heavy atom. The Bertz CT molecular complexity index is 297. The molecule has 1 unspecified atom stereocenters. The van der Waals surface area contributed by atoms with E-state index < -0.39 is 0 Å². The fourth-order valence-electron chi connectivity index (χ4n) is 1.67. The van der Waals surface area contributed by atoms with Crippen molar-refractivity contribution in [3.8, 4) is 0 Å². The van der Waals surface area contributed by atoms with E-state index in [1.807, 2.05) is 24.3 Å². The number of unbranched alkanes of at least 4 members (excludes halogenated alkanes) is 1. The summed E-state index contributed by atoms with van der Waals surface area (Å²) in [7, 11) is 0. The number of benzene rings is 1. The summed E-state index contributed by atoms with van der Waals surface area (Å²) in [4.78, 5) is 0. The molecule has 1 atom stereocenters. The maximum atomic E-state index is 5.98. The molecule has 2 heteroatoms.